The first-order valence-corrected chi connectivity index (χ1v) is 7.31. The van der Waals surface area contributed by atoms with Gasteiger partial charge in [-0.15, -0.1) is 0 Å². The van der Waals surface area contributed by atoms with Crippen molar-refractivity contribution >= 4 is 7.26 Å². The summed E-state index contributed by atoms with van der Waals surface area (Å²) in [6, 6.07) is 0. The predicted octanol–water partition coefficient (Wildman–Crippen LogP) is 3.47. The fourth-order valence-electron chi connectivity index (χ4n) is 1.51. The fraction of sp³-hybridized carbons (Fsp3) is 1.00. The van der Waals surface area contributed by atoms with E-state index in [0.717, 1.165) is 0 Å². The molecule has 62 valence electrons. The Bertz CT molecular complexity index is 72.8. The van der Waals surface area contributed by atoms with Crippen molar-refractivity contribution in [3.05, 3.63) is 0 Å². The zero-order valence-electron chi connectivity index (χ0n) is 7.98. The second kappa shape index (κ2) is 5.13. The molecule has 0 unspecified atom stereocenters. The molecule has 0 saturated heterocycles. The highest BCUT2D eigenvalue weighted by Gasteiger charge is 2.25. The standard InChI is InChI=1S/C9H22P/c1-5-8-10(4,7-3)9-6-2/h5-9H2,1-4H3/q+1. The molecule has 0 bridgehead atoms. The molecule has 0 fully saturated rings. The van der Waals surface area contributed by atoms with E-state index in [1.807, 2.05) is 0 Å². The van der Waals surface area contributed by atoms with Gasteiger partial charge in [-0.05, 0) is 19.8 Å². The van der Waals surface area contributed by atoms with Gasteiger partial charge in [-0.1, -0.05) is 13.8 Å². The van der Waals surface area contributed by atoms with Crippen LogP contribution in [0.15, 0.2) is 0 Å². The van der Waals surface area contributed by atoms with E-state index in [4.69, 9.17) is 0 Å². The summed E-state index contributed by atoms with van der Waals surface area (Å²) in [6.45, 7) is 9.51. The average molecular weight is 161 g/mol. The molecular weight excluding hydrogens is 139 g/mol. The molecule has 0 aromatic rings. The van der Waals surface area contributed by atoms with Crippen molar-refractivity contribution in [3.8, 4) is 0 Å². The van der Waals surface area contributed by atoms with Crippen molar-refractivity contribution in [2.24, 2.45) is 0 Å². The zero-order valence-corrected chi connectivity index (χ0v) is 8.88. The van der Waals surface area contributed by atoms with Crippen molar-refractivity contribution in [1.82, 2.24) is 0 Å². The Morgan fingerprint density at radius 3 is 1.50 bits per heavy atom. The lowest BCUT2D eigenvalue weighted by Gasteiger charge is -2.19. The molecule has 0 spiro atoms. The quantitative estimate of drug-likeness (QED) is 0.541. The Hall–Kier alpha value is 0.430. The lowest BCUT2D eigenvalue weighted by atomic mass is 10.6. The molecule has 0 amide bonds. The van der Waals surface area contributed by atoms with Crippen molar-refractivity contribution < 1.29 is 0 Å². The summed E-state index contributed by atoms with van der Waals surface area (Å²) >= 11 is 0. The van der Waals surface area contributed by atoms with E-state index in [-0.39, 0.29) is 0 Å². The first-order valence-electron chi connectivity index (χ1n) is 4.52. The monoisotopic (exact) mass is 161 g/mol. The van der Waals surface area contributed by atoms with Gasteiger partial charge in [0.25, 0.3) is 0 Å². The highest BCUT2D eigenvalue weighted by atomic mass is 31.2. The highest BCUT2D eigenvalue weighted by Crippen LogP contribution is 2.55. The zero-order chi connectivity index (χ0) is 8.04. The summed E-state index contributed by atoms with van der Waals surface area (Å²) in [5.74, 6) is 0. The van der Waals surface area contributed by atoms with Gasteiger partial charge in [0, 0.05) is 13.9 Å². The molecule has 0 N–H and O–H groups in total. The molecule has 0 aliphatic rings. The van der Waals surface area contributed by atoms with Gasteiger partial charge in [-0.2, -0.15) is 0 Å². The molecular formula is C9H22P+. The van der Waals surface area contributed by atoms with Crippen LogP contribution in [0.3, 0.4) is 0 Å². The Morgan fingerprint density at radius 1 is 0.900 bits per heavy atom. The molecule has 0 heterocycles. The maximum Gasteiger partial charge on any atom is 0.0588 e. The Labute approximate surface area is 66.7 Å². The Kier molecular flexibility index (Phi) is 5.35. The van der Waals surface area contributed by atoms with Crippen LogP contribution < -0.4 is 0 Å². The van der Waals surface area contributed by atoms with Crippen LogP contribution in [0.25, 0.3) is 0 Å². The van der Waals surface area contributed by atoms with Crippen LogP contribution in [-0.2, 0) is 0 Å². The minimum atomic E-state index is -0.450. The van der Waals surface area contributed by atoms with Gasteiger partial charge < -0.3 is 0 Å². The molecule has 0 aromatic heterocycles. The fourth-order valence-corrected chi connectivity index (χ4v) is 4.52. The van der Waals surface area contributed by atoms with E-state index in [9.17, 15) is 0 Å². The summed E-state index contributed by atoms with van der Waals surface area (Å²) in [5.41, 5.74) is 0. The maximum absolute atomic E-state index is 2.53. The molecule has 1 heteroatoms. The van der Waals surface area contributed by atoms with Gasteiger partial charge >= 0.3 is 0 Å². The smallest absolute Gasteiger partial charge is 0.0588 e. The lowest BCUT2D eigenvalue weighted by molar-refractivity contribution is 1.03. The Balaban J connectivity index is 3.69. The topological polar surface area (TPSA) is 0 Å². The summed E-state index contributed by atoms with van der Waals surface area (Å²) < 4.78 is 0. The van der Waals surface area contributed by atoms with E-state index >= 15 is 0 Å². The molecule has 0 saturated carbocycles. The third-order valence-electron chi connectivity index (χ3n) is 2.29. The van der Waals surface area contributed by atoms with Crippen molar-refractivity contribution in [1.29, 1.82) is 0 Å². The number of hydrogen-bond donors (Lipinski definition) is 0. The van der Waals surface area contributed by atoms with E-state index in [1.165, 1.54) is 31.3 Å². The number of rotatable bonds is 5. The summed E-state index contributed by atoms with van der Waals surface area (Å²) in [6.07, 6.45) is 7.25. The molecule has 0 atom stereocenters. The Morgan fingerprint density at radius 2 is 1.30 bits per heavy atom. The van der Waals surface area contributed by atoms with Crippen molar-refractivity contribution in [3.63, 3.8) is 0 Å². The molecule has 0 nitrogen and oxygen atoms in total. The number of hydrogen-bond acceptors (Lipinski definition) is 0. The molecule has 0 aliphatic carbocycles. The largest absolute Gasteiger partial charge is 0.0619 e. The third kappa shape index (κ3) is 3.56. The van der Waals surface area contributed by atoms with E-state index in [1.54, 1.807) is 0 Å². The SMILES string of the molecule is CCC[P+](C)(CC)CCC. The third-order valence-corrected chi connectivity index (χ3v) is 6.87. The van der Waals surface area contributed by atoms with Crippen LogP contribution >= 0.6 is 7.26 Å². The van der Waals surface area contributed by atoms with E-state index < -0.39 is 7.26 Å². The van der Waals surface area contributed by atoms with Crippen LogP contribution in [0.4, 0.5) is 0 Å². The normalized spacial score (nSPS) is 12.0. The summed E-state index contributed by atoms with van der Waals surface area (Å²) in [5, 5.41) is 0. The molecule has 0 aromatic carbocycles. The maximum atomic E-state index is 2.53. The van der Waals surface area contributed by atoms with Crippen LogP contribution in [0.1, 0.15) is 33.6 Å². The lowest BCUT2D eigenvalue weighted by Crippen LogP contribution is -2.03. The van der Waals surface area contributed by atoms with Gasteiger partial charge in [0.1, 0.15) is 0 Å². The van der Waals surface area contributed by atoms with E-state index in [0.29, 0.717) is 0 Å². The molecule has 0 rings (SSSR count). The van der Waals surface area contributed by atoms with Gasteiger partial charge in [-0.3, -0.25) is 0 Å². The minimum absolute atomic E-state index is 0.450. The summed E-state index contributed by atoms with van der Waals surface area (Å²) in [4.78, 5) is 0. The molecule has 0 aliphatic heterocycles. The molecule has 10 heavy (non-hydrogen) atoms. The average Bonchev–Trinajstić information content (AvgIpc) is 1.89. The summed E-state index contributed by atoms with van der Waals surface area (Å²) in [7, 11) is -0.450. The van der Waals surface area contributed by atoms with Crippen LogP contribution in [0.5, 0.6) is 0 Å². The highest BCUT2D eigenvalue weighted by molar-refractivity contribution is 7.75. The van der Waals surface area contributed by atoms with E-state index in [2.05, 4.69) is 27.4 Å². The van der Waals surface area contributed by atoms with Crippen molar-refractivity contribution in [2.45, 2.75) is 33.6 Å². The minimum Gasteiger partial charge on any atom is -0.0619 e. The van der Waals surface area contributed by atoms with Crippen LogP contribution in [0.2, 0.25) is 0 Å². The molecule has 0 radical (unpaired) electrons. The van der Waals surface area contributed by atoms with Gasteiger partial charge in [0.15, 0.2) is 0 Å². The first kappa shape index (κ1) is 10.4. The van der Waals surface area contributed by atoms with Gasteiger partial charge in [0.2, 0.25) is 0 Å². The van der Waals surface area contributed by atoms with Crippen LogP contribution in [-0.4, -0.2) is 25.2 Å². The second-order valence-corrected chi connectivity index (χ2v) is 8.15. The first-order chi connectivity index (χ1) is 4.68. The predicted molar refractivity (Wildman–Crippen MR) is 53.7 cm³/mol. The van der Waals surface area contributed by atoms with Gasteiger partial charge in [-0.25, -0.2) is 0 Å². The van der Waals surface area contributed by atoms with Crippen LogP contribution in [0, 0.1) is 0 Å². The second-order valence-electron chi connectivity index (χ2n) is 3.38. The van der Waals surface area contributed by atoms with Gasteiger partial charge in [0.05, 0.1) is 18.5 Å². The van der Waals surface area contributed by atoms with Crippen molar-refractivity contribution in [2.75, 3.05) is 25.2 Å².